The molecule has 3 aromatic rings. The number of anilines is 1. The van der Waals surface area contributed by atoms with Crippen LogP contribution in [0.1, 0.15) is 18.5 Å². The predicted molar refractivity (Wildman–Crippen MR) is 74.5 cm³/mol. The number of hydrogen-bond donors (Lipinski definition) is 2. The number of benzene rings is 2. The van der Waals surface area contributed by atoms with Gasteiger partial charge in [-0.25, -0.2) is 4.39 Å². The minimum atomic E-state index is -0.213. The molecule has 2 aromatic carbocycles. The van der Waals surface area contributed by atoms with Gasteiger partial charge in [-0.15, -0.1) is 0 Å². The number of rotatable bonds is 3. The second-order valence-electron chi connectivity index (χ2n) is 4.59. The lowest BCUT2D eigenvalue weighted by Gasteiger charge is -2.15. The normalized spacial score (nSPS) is 12.5. The summed E-state index contributed by atoms with van der Waals surface area (Å²) >= 11 is 0. The first kappa shape index (κ1) is 11.7. The van der Waals surface area contributed by atoms with E-state index in [9.17, 15) is 4.39 Å². The summed E-state index contributed by atoms with van der Waals surface area (Å²) in [4.78, 5) is 0. The van der Waals surface area contributed by atoms with Crippen molar-refractivity contribution in [2.75, 3.05) is 5.32 Å². The quantitative estimate of drug-likeness (QED) is 0.745. The number of aromatic nitrogens is 2. The molecule has 1 aromatic heterocycles. The smallest absolute Gasteiger partial charge is 0.123 e. The Balaban J connectivity index is 1.81. The highest BCUT2D eigenvalue weighted by atomic mass is 19.1. The topological polar surface area (TPSA) is 40.7 Å². The summed E-state index contributed by atoms with van der Waals surface area (Å²) in [5, 5.41) is 11.4. The van der Waals surface area contributed by atoms with Crippen LogP contribution >= 0.6 is 0 Å². The van der Waals surface area contributed by atoms with Crippen LogP contribution in [0.3, 0.4) is 0 Å². The van der Waals surface area contributed by atoms with Gasteiger partial charge in [0, 0.05) is 17.1 Å². The van der Waals surface area contributed by atoms with Crippen molar-refractivity contribution >= 4 is 16.6 Å². The van der Waals surface area contributed by atoms with Gasteiger partial charge < -0.3 is 5.32 Å². The third kappa shape index (κ3) is 2.42. The molecule has 0 aliphatic rings. The molecule has 3 rings (SSSR count). The van der Waals surface area contributed by atoms with Crippen LogP contribution in [0.25, 0.3) is 10.9 Å². The highest BCUT2D eigenvalue weighted by Gasteiger charge is 2.06. The van der Waals surface area contributed by atoms with Gasteiger partial charge in [0.15, 0.2) is 0 Å². The Morgan fingerprint density at radius 1 is 1.16 bits per heavy atom. The molecule has 0 aliphatic heterocycles. The Bertz CT molecular complexity index is 688. The van der Waals surface area contributed by atoms with Crippen molar-refractivity contribution in [2.24, 2.45) is 0 Å². The van der Waals surface area contributed by atoms with Crippen LogP contribution in [-0.4, -0.2) is 10.2 Å². The first-order valence-electron chi connectivity index (χ1n) is 6.17. The average Bonchev–Trinajstić information content (AvgIpc) is 2.87. The molecule has 96 valence electrons. The molecule has 1 unspecified atom stereocenters. The van der Waals surface area contributed by atoms with Gasteiger partial charge in [-0.1, -0.05) is 12.1 Å². The summed E-state index contributed by atoms with van der Waals surface area (Å²) in [7, 11) is 0. The monoisotopic (exact) mass is 255 g/mol. The second kappa shape index (κ2) is 4.72. The van der Waals surface area contributed by atoms with Crippen LogP contribution in [0.2, 0.25) is 0 Å². The number of fused-ring (bicyclic) bond motifs is 1. The average molecular weight is 255 g/mol. The fourth-order valence-electron chi connectivity index (χ4n) is 2.11. The first-order valence-corrected chi connectivity index (χ1v) is 6.17. The molecule has 1 atom stereocenters. The van der Waals surface area contributed by atoms with Gasteiger partial charge in [0.1, 0.15) is 5.82 Å². The molecule has 19 heavy (non-hydrogen) atoms. The Kier molecular flexibility index (Phi) is 2.91. The highest BCUT2D eigenvalue weighted by molar-refractivity contribution is 5.81. The maximum atomic E-state index is 12.9. The van der Waals surface area contributed by atoms with Gasteiger partial charge in [-0.3, -0.25) is 5.10 Å². The fraction of sp³-hybridized carbons (Fsp3) is 0.133. The molecule has 4 heteroatoms. The van der Waals surface area contributed by atoms with Crippen molar-refractivity contribution in [2.45, 2.75) is 13.0 Å². The molecule has 0 saturated carbocycles. The van der Waals surface area contributed by atoms with Crippen molar-refractivity contribution in [1.82, 2.24) is 10.2 Å². The fourth-order valence-corrected chi connectivity index (χ4v) is 2.11. The van der Waals surface area contributed by atoms with Gasteiger partial charge in [0.2, 0.25) is 0 Å². The summed E-state index contributed by atoms with van der Waals surface area (Å²) < 4.78 is 12.9. The van der Waals surface area contributed by atoms with Crippen molar-refractivity contribution < 1.29 is 4.39 Å². The molecule has 3 nitrogen and oxygen atoms in total. The summed E-state index contributed by atoms with van der Waals surface area (Å²) in [6.07, 6.45) is 1.79. The molecule has 0 spiro atoms. The molecule has 2 N–H and O–H groups in total. The van der Waals surface area contributed by atoms with Crippen molar-refractivity contribution in [3.63, 3.8) is 0 Å². The number of H-pyrrole nitrogens is 1. The van der Waals surface area contributed by atoms with E-state index in [1.54, 1.807) is 18.3 Å². The Morgan fingerprint density at radius 3 is 2.74 bits per heavy atom. The molecule has 1 heterocycles. The number of halogens is 1. The standard InChI is InChI=1S/C15H14FN3/c1-10(11-2-5-13(16)6-3-11)18-14-7-4-12-9-17-19-15(12)8-14/h2-10,18H,1H3,(H,17,19). The van der Waals surface area contributed by atoms with Gasteiger partial charge in [-0.2, -0.15) is 5.10 Å². The highest BCUT2D eigenvalue weighted by Crippen LogP contribution is 2.22. The van der Waals surface area contributed by atoms with Crippen LogP contribution in [0.15, 0.2) is 48.7 Å². The van der Waals surface area contributed by atoms with Crippen LogP contribution in [0.5, 0.6) is 0 Å². The van der Waals surface area contributed by atoms with E-state index in [1.807, 2.05) is 25.1 Å². The molecule has 0 radical (unpaired) electrons. The number of aromatic amines is 1. The number of hydrogen-bond acceptors (Lipinski definition) is 2. The van der Waals surface area contributed by atoms with Crippen molar-refractivity contribution in [1.29, 1.82) is 0 Å². The molecule has 0 aliphatic carbocycles. The minimum absolute atomic E-state index is 0.112. The molecular formula is C15H14FN3. The van der Waals surface area contributed by atoms with Crippen LogP contribution < -0.4 is 5.32 Å². The predicted octanol–water partition coefficient (Wildman–Crippen LogP) is 3.88. The molecule has 0 saturated heterocycles. The SMILES string of the molecule is CC(Nc1ccc2cn[nH]c2c1)c1ccc(F)cc1. The summed E-state index contributed by atoms with van der Waals surface area (Å²) in [6.45, 7) is 2.05. The van der Waals surface area contributed by atoms with Gasteiger partial charge in [0.25, 0.3) is 0 Å². The zero-order valence-corrected chi connectivity index (χ0v) is 10.5. The van der Waals surface area contributed by atoms with Crippen LogP contribution in [0, 0.1) is 5.82 Å². The third-order valence-electron chi connectivity index (χ3n) is 3.20. The van der Waals surface area contributed by atoms with E-state index in [-0.39, 0.29) is 11.9 Å². The second-order valence-corrected chi connectivity index (χ2v) is 4.59. The van der Waals surface area contributed by atoms with Gasteiger partial charge >= 0.3 is 0 Å². The molecule has 0 fully saturated rings. The van der Waals surface area contributed by atoms with E-state index < -0.39 is 0 Å². The summed E-state index contributed by atoms with van der Waals surface area (Å²) in [6, 6.07) is 12.7. The van der Waals surface area contributed by atoms with E-state index >= 15 is 0 Å². The van der Waals surface area contributed by atoms with E-state index in [0.29, 0.717) is 0 Å². The van der Waals surface area contributed by atoms with E-state index in [0.717, 1.165) is 22.2 Å². The van der Waals surface area contributed by atoms with Crippen molar-refractivity contribution in [3.05, 3.63) is 60.0 Å². The van der Waals surface area contributed by atoms with Gasteiger partial charge in [0.05, 0.1) is 11.7 Å². The lowest BCUT2D eigenvalue weighted by Crippen LogP contribution is -2.06. The number of nitrogens with one attached hydrogen (secondary N) is 2. The minimum Gasteiger partial charge on any atom is -0.378 e. The molecule has 0 bridgehead atoms. The van der Waals surface area contributed by atoms with Gasteiger partial charge in [-0.05, 0) is 42.8 Å². The molecular weight excluding hydrogens is 241 g/mol. The first-order chi connectivity index (χ1) is 9.22. The number of nitrogens with zero attached hydrogens (tertiary/aromatic N) is 1. The lowest BCUT2D eigenvalue weighted by atomic mass is 10.1. The molecule has 0 amide bonds. The van der Waals surface area contributed by atoms with Crippen molar-refractivity contribution in [3.8, 4) is 0 Å². The third-order valence-corrected chi connectivity index (χ3v) is 3.20. The van der Waals surface area contributed by atoms with Crippen LogP contribution in [0.4, 0.5) is 10.1 Å². The summed E-state index contributed by atoms with van der Waals surface area (Å²) in [5.41, 5.74) is 3.05. The summed E-state index contributed by atoms with van der Waals surface area (Å²) in [5.74, 6) is -0.213. The largest absolute Gasteiger partial charge is 0.378 e. The van der Waals surface area contributed by atoms with E-state index in [4.69, 9.17) is 0 Å². The van der Waals surface area contributed by atoms with E-state index in [2.05, 4.69) is 15.5 Å². The lowest BCUT2D eigenvalue weighted by molar-refractivity contribution is 0.626. The van der Waals surface area contributed by atoms with E-state index in [1.165, 1.54) is 12.1 Å². The Morgan fingerprint density at radius 2 is 1.95 bits per heavy atom. The maximum Gasteiger partial charge on any atom is 0.123 e. The zero-order chi connectivity index (χ0) is 13.2. The van der Waals surface area contributed by atoms with Crippen LogP contribution in [-0.2, 0) is 0 Å². The Labute approximate surface area is 110 Å². The Hall–Kier alpha value is -2.36. The zero-order valence-electron chi connectivity index (χ0n) is 10.5. The maximum absolute atomic E-state index is 12.9.